The van der Waals surface area contributed by atoms with Crippen LogP contribution >= 0.6 is 0 Å². The van der Waals surface area contributed by atoms with Crippen LogP contribution in [0.3, 0.4) is 0 Å². The van der Waals surface area contributed by atoms with Gasteiger partial charge in [0.25, 0.3) is 0 Å². The van der Waals surface area contributed by atoms with Gasteiger partial charge in [-0.3, -0.25) is 4.79 Å². The van der Waals surface area contributed by atoms with Gasteiger partial charge in [-0.1, -0.05) is 26.8 Å². The molecule has 0 aliphatic carbocycles. The van der Waals surface area contributed by atoms with Crippen LogP contribution in [0.25, 0.3) is 0 Å². The number of aliphatic imine (C=N–C) groups is 1. The van der Waals surface area contributed by atoms with Crippen molar-refractivity contribution in [2.45, 2.75) is 47.1 Å². The van der Waals surface area contributed by atoms with Gasteiger partial charge in [-0.15, -0.1) is 0 Å². The van der Waals surface area contributed by atoms with Crippen molar-refractivity contribution in [3.05, 3.63) is 23.5 Å². The first-order chi connectivity index (χ1) is 9.27. The Bertz CT molecular complexity index is 429. The Morgan fingerprint density at radius 3 is 2.50 bits per heavy atom. The molecule has 4 nitrogen and oxygen atoms in total. The SMILES string of the molecule is C=N/C(=C\C(=C/C)C(C)(C)C)NC1CCN(C(C)=O)C1. The maximum Gasteiger partial charge on any atom is 0.219 e. The van der Waals surface area contributed by atoms with E-state index in [-0.39, 0.29) is 17.4 Å². The van der Waals surface area contributed by atoms with Gasteiger partial charge >= 0.3 is 0 Å². The van der Waals surface area contributed by atoms with E-state index in [2.05, 4.69) is 43.9 Å². The second-order valence-electron chi connectivity index (χ2n) is 6.28. The monoisotopic (exact) mass is 277 g/mol. The van der Waals surface area contributed by atoms with Crippen LogP contribution in [0, 0.1) is 5.41 Å². The molecule has 1 fully saturated rings. The summed E-state index contributed by atoms with van der Waals surface area (Å²) < 4.78 is 0. The molecule has 1 N–H and O–H groups in total. The first-order valence-corrected chi connectivity index (χ1v) is 7.15. The molecule has 1 atom stereocenters. The van der Waals surface area contributed by atoms with Crippen molar-refractivity contribution in [1.82, 2.24) is 10.2 Å². The summed E-state index contributed by atoms with van der Waals surface area (Å²) in [7, 11) is 0. The zero-order chi connectivity index (χ0) is 15.3. The minimum Gasteiger partial charge on any atom is -0.366 e. The Morgan fingerprint density at radius 1 is 1.45 bits per heavy atom. The fourth-order valence-electron chi connectivity index (χ4n) is 2.39. The van der Waals surface area contributed by atoms with Crippen molar-refractivity contribution < 1.29 is 4.79 Å². The molecule has 0 saturated carbocycles. The molecule has 1 aliphatic heterocycles. The molecule has 0 aromatic rings. The summed E-state index contributed by atoms with van der Waals surface area (Å²) in [5, 5.41) is 3.38. The number of hydrogen-bond acceptors (Lipinski definition) is 3. The van der Waals surface area contributed by atoms with Gasteiger partial charge in [0.1, 0.15) is 5.82 Å². The van der Waals surface area contributed by atoms with Gasteiger partial charge < -0.3 is 10.2 Å². The standard InChI is InChI=1S/C16H27N3O/c1-7-13(16(3,4)5)10-15(17-6)18-14-8-9-19(11-14)12(2)20/h7,10,14,18H,6,8-9,11H2,1-5H3/b13-7+,15-10+. The van der Waals surface area contributed by atoms with Gasteiger partial charge in [0.05, 0.1) is 0 Å². The predicted octanol–water partition coefficient (Wildman–Crippen LogP) is 2.73. The summed E-state index contributed by atoms with van der Waals surface area (Å²) in [5.41, 5.74) is 1.29. The van der Waals surface area contributed by atoms with E-state index in [0.29, 0.717) is 0 Å². The number of hydrogen-bond donors (Lipinski definition) is 1. The van der Waals surface area contributed by atoms with Crippen molar-refractivity contribution in [2.75, 3.05) is 13.1 Å². The molecular formula is C16H27N3O. The van der Waals surface area contributed by atoms with E-state index in [9.17, 15) is 4.79 Å². The molecule has 1 heterocycles. The number of carbonyl (C=O) groups is 1. The van der Waals surface area contributed by atoms with E-state index in [1.807, 2.05) is 17.9 Å². The van der Waals surface area contributed by atoms with Crippen molar-refractivity contribution in [3.63, 3.8) is 0 Å². The number of carbonyl (C=O) groups excluding carboxylic acids is 1. The average Bonchev–Trinajstić information content (AvgIpc) is 2.81. The fourth-order valence-corrected chi connectivity index (χ4v) is 2.39. The van der Waals surface area contributed by atoms with Crippen molar-refractivity contribution in [1.29, 1.82) is 0 Å². The zero-order valence-corrected chi connectivity index (χ0v) is 13.4. The smallest absolute Gasteiger partial charge is 0.219 e. The molecule has 0 aromatic heterocycles. The van der Waals surface area contributed by atoms with Crippen LogP contribution in [-0.2, 0) is 4.79 Å². The Balaban J connectivity index is 2.74. The highest BCUT2D eigenvalue weighted by Gasteiger charge is 2.24. The maximum atomic E-state index is 11.3. The van der Waals surface area contributed by atoms with E-state index >= 15 is 0 Å². The van der Waals surface area contributed by atoms with Crippen LogP contribution < -0.4 is 5.32 Å². The normalized spacial score (nSPS) is 21.1. The molecule has 1 rings (SSSR count). The first kappa shape index (κ1) is 16.5. The number of nitrogens with one attached hydrogen (secondary N) is 1. The Hall–Kier alpha value is -1.58. The summed E-state index contributed by atoms with van der Waals surface area (Å²) in [6, 6.07) is 0.258. The number of amides is 1. The summed E-state index contributed by atoms with van der Waals surface area (Å²) in [5.74, 6) is 0.915. The lowest BCUT2D eigenvalue weighted by molar-refractivity contribution is -0.127. The highest BCUT2D eigenvalue weighted by Crippen LogP contribution is 2.27. The number of likely N-dealkylation sites (tertiary alicyclic amines) is 1. The topological polar surface area (TPSA) is 44.7 Å². The molecular weight excluding hydrogens is 250 g/mol. The number of allylic oxidation sites excluding steroid dienone is 3. The highest BCUT2D eigenvalue weighted by molar-refractivity contribution is 5.73. The van der Waals surface area contributed by atoms with Crippen LogP contribution in [0.15, 0.2) is 28.5 Å². The van der Waals surface area contributed by atoms with Crippen LogP contribution in [0.2, 0.25) is 0 Å². The second-order valence-corrected chi connectivity index (χ2v) is 6.28. The number of nitrogens with zero attached hydrogens (tertiary/aromatic N) is 2. The third-order valence-corrected chi connectivity index (χ3v) is 3.63. The van der Waals surface area contributed by atoms with E-state index in [0.717, 1.165) is 25.3 Å². The molecule has 1 aliphatic rings. The third-order valence-electron chi connectivity index (χ3n) is 3.63. The maximum absolute atomic E-state index is 11.3. The molecule has 0 spiro atoms. The van der Waals surface area contributed by atoms with E-state index in [1.165, 1.54) is 5.57 Å². The Morgan fingerprint density at radius 2 is 2.10 bits per heavy atom. The molecule has 1 unspecified atom stereocenters. The largest absolute Gasteiger partial charge is 0.366 e. The van der Waals surface area contributed by atoms with Crippen LogP contribution in [0.4, 0.5) is 0 Å². The second kappa shape index (κ2) is 6.73. The minimum absolute atomic E-state index is 0.0769. The predicted molar refractivity (Wildman–Crippen MR) is 84.6 cm³/mol. The molecule has 0 bridgehead atoms. The summed E-state index contributed by atoms with van der Waals surface area (Å²) in [6.07, 6.45) is 5.10. The molecule has 112 valence electrons. The first-order valence-electron chi connectivity index (χ1n) is 7.15. The van der Waals surface area contributed by atoms with Gasteiger partial charge in [0.15, 0.2) is 0 Å². The molecule has 1 amide bonds. The summed E-state index contributed by atoms with van der Waals surface area (Å²) in [4.78, 5) is 17.3. The lowest BCUT2D eigenvalue weighted by Crippen LogP contribution is -2.33. The van der Waals surface area contributed by atoms with Crippen molar-refractivity contribution in [2.24, 2.45) is 10.4 Å². The zero-order valence-electron chi connectivity index (χ0n) is 13.4. The van der Waals surface area contributed by atoms with Gasteiger partial charge in [-0.05, 0) is 37.1 Å². The summed E-state index contributed by atoms with van der Waals surface area (Å²) >= 11 is 0. The average molecular weight is 277 g/mol. The van der Waals surface area contributed by atoms with Gasteiger partial charge in [0, 0.05) is 26.1 Å². The minimum atomic E-state index is 0.0769. The summed E-state index contributed by atoms with van der Waals surface area (Å²) in [6.45, 7) is 15.4. The van der Waals surface area contributed by atoms with Gasteiger partial charge in [-0.25, -0.2) is 4.99 Å². The lowest BCUT2D eigenvalue weighted by atomic mass is 9.86. The number of rotatable bonds is 4. The highest BCUT2D eigenvalue weighted by atomic mass is 16.2. The van der Waals surface area contributed by atoms with Crippen LogP contribution in [0.5, 0.6) is 0 Å². The van der Waals surface area contributed by atoms with Crippen molar-refractivity contribution in [3.8, 4) is 0 Å². The molecule has 20 heavy (non-hydrogen) atoms. The van der Waals surface area contributed by atoms with Crippen LogP contribution in [0.1, 0.15) is 41.0 Å². The fraction of sp³-hybridized carbons (Fsp3) is 0.625. The Labute approximate surface area is 122 Å². The third kappa shape index (κ3) is 4.51. The van der Waals surface area contributed by atoms with Crippen LogP contribution in [-0.4, -0.2) is 36.7 Å². The van der Waals surface area contributed by atoms with Crippen molar-refractivity contribution >= 4 is 12.6 Å². The lowest BCUT2D eigenvalue weighted by Gasteiger charge is -2.22. The Kier molecular flexibility index (Phi) is 5.54. The quantitative estimate of drug-likeness (QED) is 0.634. The van der Waals surface area contributed by atoms with E-state index in [4.69, 9.17) is 0 Å². The molecule has 1 saturated heterocycles. The molecule has 4 heteroatoms. The van der Waals surface area contributed by atoms with E-state index < -0.39 is 0 Å². The molecule has 0 radical (unpaired) electrons. The van der Waals surface area contributed by atoms with E-state index in [1.54, 1.807) is 6.92 Å². The van der Waals surface area contributed by atoms with Gasteiger partial charge in [0.2, 0.25) is 5.91 Å². The molecule has 0 aromatic carbocycles. The van der Waals surface area contributed by atoms with Gasteiger partial charge in [-0.2, -0.15) is 0 Å².